The molecule has 0 amide bonds. The molecule has 118 valence electrons. The van der Waals surface area contributed by atoms with E-state index in [0.29, 0.717) is 12.5 Å². The summed E-state index contributed by atoms with van der Waals surface area (Å²) >= 11 is 0. The Morgan fingerprint density at radius 3 is 2.71 bits per heavy atom. The van der Waals surface area contributed by atoms with Crippen molar-refractivity contribution in [2.45, 2.75) is 19.4 Å². The standard InChI is InChI=1S/C15H26N4O2/c1-19(12-13-3-6-21-7-4-13)15-17-10-14(11-18-15)9-16-5-8-20-2/h10-11,13,16H,3-9,12H2,1-2H3. The lowest BCUT2D eigenvalue weighted by atomic mass is 10.0. The quantitative estimate of drug-likeness (QED) is 0.724. The van der Waals surface area contributed by atoms with Gasteiger partial charge in [-0.1, -0.05) is 0 Å². The number of nitrogens with one attached hydrogen (secondary N) is 1. The molecule has 1 aromatic heterocycles. The predicted molar refractivity (Wildman–Crippen MR) is 82.4 cm³/mol. The van der Waals surface area contributed by atoms with Crippen molar-refractivity contribution in [3.05, 3.63) is 18.0 Å². The first kappa shape index (κ1) is 16.1. The van der Waals surface area contributed by atoms with Gasteiger partial charge in [-0.05, 0) is 18.8 Å². The van der Waals surface area contributed by atoms with E-state index in [0.717, 1.165) is 57.2 Å². The van der Waals surface area contributed by atoms with E-state index in [2.05, 4.69) is 27.2 Å². The Labute approximate surface area is 126 Å². The molecule has 1 aromatic rings. The molecular formula is C15H26N4O2. The van der Waals surface area contributed by atoms with E-state index >= 15 is 0 Å². The normalized spacial score (nSPS) is 16.1. The van der Waals surface area contributed by atoms with Crippen LogP contribution in [0.1, 0.15) is 18.4 Å². The molecule has 0 spiro atoms. The van der Waals surface area contributed by atoms with E-state index in [1.54, 1.807) is 7.11 Å². The molecule has 0 aliphatic carbocycles. The Hall–Kier alpha value is -1.24. The largest absolute Gasteiger partial charge is 0.383 e. The summed E-state index contributed by atoms with van der Waals surface area (Å²) < 4.78 is 10.4. The molecule has 0 atom stereocenters. The molecule has 0 radical (unpaired) electrons. The third-order valence-electron chi connectivity index (χ3n) is 3.72. The van der Waals surface area contributed by atoms with Crippen molar-refractivity contribution >= 4 is 5.95 Å². The highest BCUT2D eigenvalue weighted by Gasteiger charge is 2.16. The summed E-state index contributed by atoms with van der Waals surface area (Å²) in [5.41, 5.74) is 1.09. The molecule has 6 nitrogen and oxygen atoms in total. The summed E-state index contributed by atoms with van der Waals surface area (Å²) in [6.45, 7) is 5.08. The first-order chi connectivity index (χ1) is 10.3. The van der Waals surface area contributed by atoms with Crippen LogP contribution in [0.5, 0.6) is 0 Å². The molecule has 1 fully saturated rings. The third-order valence-corrected chi connectivity index (χ3v) is 3.72. The van der Waals surface area contributed by atoms with Crippen LogP contribution < -0.4 is 10.2 Å². The van der Waals surface area contributed by atoms with E-state index in [1.807, 2.05) is 12.4 Å². The molecule has 2 rings (SSSR count). The first-order valence-corrected chi connectivity index (χ1v) is 7.59. The van der Waals surface area contributed by atoms with Crippen molar-refractivity contribution in [3.8, 4) is 0 Å². The topological polar surface area (TPSA) is 59.5 Å². The number of hydrogen-bond donors (Lipinski definition) is 1. The highest BCUT2D eigenvalue weighted by Crippen LogP contribution is 2.17. The molecule has 0 saturated carbocycles. The second-order valence-electron chi connectivity index (χ2n) is 5.50. The van der Waals surface area contributed by atoms with Crippen LogP contribution in [-0.2, 0) is 16.0 Å². The molecular weight excluding hydrogens is 268 g/mol. The van der Waals surface area contributed by atoms with Crippen LogP contribution in [0, 0.1) is 5.92 Å². The number of ether oxygens (including phenoxy) is 2. The molecule has 0 aromatic carbocycles. The Morgan fingerprint density at radius 2 is 2.05 bits per heavy atom. The zero-order valence-corrected chi connectivity index (χ0v) is 13.0. The molecule has 0 bridgehead atoms. The predicted octanol–water partition coefficient (Wildman–Crippen LogP) is 1.08. The zero-order valence-electron chi connectivity index (χ0n) is 13.0. The Morgan fingerprint density at radius 1 is 1.33 bits per heavy atom. The molecule has 1 N–H and O–H groups in total. The van der Waals surface area contributed by atoms with Gasteiger partial charge in [-0.3, -0.25) is 0 Å². The molecule has 6 heteroatoms. The van der Waals surface area contributed by atoms with Gasteiger partial charge in [-0.15, -0.1) is 0 Å². The Kier molecular flexibility index (Phi) is 6.85. The average Bonchev–Trinajstić information content (AvgIpc) is 2.53. The summed E-state index contributed by atoms with van der Waals surface area (Å²) in [6, 6.07) is 0. The molecule has 1 saturated heterocycles. The lowest BCUT2D eigenvalue weighted by Gasteiger charge is -2.27. The minimum absolute atomic E-state index is 0.683. The van der Waals surface area contributed by atoms with Gasteiger partial charge < -0.3 is 19.7 Å². The fourth-order valence-corrected chi connectivity index (χ4v) is 2.44. The third kappa shape index (κ3) is 5.57. The number of hydrogen-bond acceptors (Lipinski definition) is 6. The number of nitrogens with zero attached hydrogens (tertiary/aromatic N) is 3. The maximum absolute atomic E-state index is 5.39. The van der Waals surface area contributed by atoms with Crippen molar-refractivity contribution in [1.29, 1.82) is 0 Å². The minimum Gasteiger partial charge on any atom is -0.383 e. The van der Waals surface area contributed by atoms with Crippen molar-refractivity contribution in [1.82, 2.24) is 15.3 Å². The SMILES string of the molecule is COCCNCc1cnc(N(C)CC2CCOCC2)nc1. The van der Waals surface area contributed by atoms with E-state index in [4.69, 9.17) is 9.47 Å². The van der Waals surface area contributed by atoms with Crippen molar-refractivity contribution in [2.75, 3.05) is 52.0 Å². The summed E-state index contributed by atoms with van der Waals surface area (Å²) in [7, 11) is 3.76. The van der Waals surface area contributed by atoms with E-state index in [1.165, 1.54) is 0 Å². The summed E-state index contributed by atoms with van der Waals surface area (Å²) in [5, 5.41) is 3.28. The van der Waals surface area contributed by atoms with Gasteiger partial charge in [0.05, 0.1) is 6.61 Å². The molecule has 0 unspecified atom stereocenters. The fraction of sp³-hybridized carbons (Fsp3) is 0.733. The zero-order chi connectivity index (χ0) is 14.9. The second kappa shape index (κ2) is 8.92. The van der Waals surface area contributed by atoms with Gasteiger partial charge in [0.1, 0.15) is 0 Å². The first-order valence-electron chi connectivity index (χ1n) is 7.59. The minimum atomic E-state index is 0.683. The van der Waals surface area contributed by atoms with Crippen LogP contribution in [0.3, 0.4) is 0 Å². The average molecular weight is 294 g/mol. The maximum Gasteiger partial charge on any atom is 0.225 e. The second-order valence-corrected chi connectivity index (χ2v) is 5.50. The summed E-state index contributed by atoms with van der Waals surface area (Å²) in [6.07, 6.45) is 6.04. The van der Waals surface area contributed by atoms with Crippen molar-refractivity contribution in [2.24, 2.45) is 5.92 Å². The van der Waals surface area contributed by atoms with Gasteiger partial charge in [-0.2, -0.15) is 0 Å². The fourth-order valence-electron chi connectivity index (χ4n) is 2.44. The Bertz CT molecular complexity index is 393. The molecule has 2 heterocycles. The van der Waals surface area contributed by atoms with Crippen molar-refractivity contribution in [3.63, 3.8) is 0 Å². The Balaban J connectivity index is 1.77. The summed E-state index contributed by atoms with van der Waals surface area (Å²) in [5.74, 6) is 1.48. The van der Waals surface area contributed by atoms with Gasteiger partial charge in [0.2, 0.25) is 5.95 Å². The lowest BCUT2D eigenvalue weighted by Crippen LogP contribution is -2.30. The number of anilines is 1. The molecule has 21 heavy (non-hydrogen) atoms. The van der Waals surface area contributed by atoms with Crippen LogP contribution >= 0.6 is 0 Å². The monoisotopic (exact) mass is 294 g/mol. The van der Waals surface area contributed by atoms with Gasteiger partial charge >= 0.3 is 0 Å². The van der Waals surface area contributed by atoms with Gasteiger partial charge in [0.15, 0.2) is 0 Å². The van der Waals surface area contributed by atoms with Gasteiger partial charge in [0.25, 0.3) is 0 Å². The number of methoxy groups -OCH3 is 1. The van der Waals surface area contributed by atoms with Crippen molar-refractivity contribution < 1.29 is 9.47 Å². The maximum atomic E-state index is 5.39. The molecule has 1 aliphatic heterocycles. The van der Waals surface area contributed by atoms with E-state index in [9.17, 15) is 0 Å². The van der Waals surface area contributed by atoms with Crippen LogP contribution in [-0.4, -0.2) is 57.0 Å². The van der Waals surface area contributed by atoms with Crippen LogP contribution in [0.15, 0.2) is 12.4 Å². The van der Waals surface area contributed by atoms with Gasteiger partial charge in [0, 0.05) is 65.0 Å². The van der Waals surface area contributed by atoms with Crippen LogP contribution in [0.2, 0.25) is 0 Å². The van der Waals surface area contributed by atoms with E-state index in [-0.39, 0.29) is 0 Å². The smallest absolute Gasteiger partial charge is 0.225 e. The highest BCUT2D eigenvalue weighted by atomic mass is 16.5. The number of aromatic nitrogens is 2. The van der Waals surface area contributed by atoms with E-state index < -0.39 is 0 Å². The summed E-state index contributed by atoms with van der Waals surface area (Å²) in [4.78, 5) is 11.0. The molecule has 1 aliphatic rings. The lowest BCUT2D eigenvalue weighted by molar-refractivity contribution is 0.0684. The number of rotatable bonds is 8. The van der Waals surface area contributed by atoms with Crippen LogP contribution in [0.25, 0.3) is 0 Å². The van der Waals surface area contributed by atoms with Crippen LogP contribution in [0.4, 0.5) is 5.95 Å². The highest BCUT2D eigenvalue weighted by molar-refractivity contribution is 5.28. The van der Waals surface area contributed by atoms with Gasteiger partial charge in [-0.25, -0.2) is 9.97 Å².